The zero-order valence-electron chi connectivity index (χ0n) is 17.7. The van der Waals surface area contributed by atoms with Crippen molar-refractivity contribution >= 4 is 49.8 Å². The van der Waals surface area contributed by atoms with Gasteiger partial charge in [-0.2, -0.15) is 0 Å². The number of methoxy groups -OCH3 is 1. The van der Waals surface area contributed by atoms with Gasteiger partial charge >= 0.3 is 0 Å². The maximum Gasteiger partial charge on any atom is 0.272 e. The second kappa shape index (κ2) is 9.17. The van der Waals surface area contributed by atoms with Crippen LogP contribution in [0.1, 0.15) is 21.5 Å². The molecule has 0 saturated heterocycles. The fraction of sp³-hybridized carbons (Fsp3) is 0.120. The molecular weight excluding hydrogens is 454 g/mol. The number of aldehydes is 1. The van der Waals surface area contributed by atoms with E-state index in [4.69, 9.17) is 9.72 Å². The maximum absolute atomic E-state index is 13.6. The van der Waals surface area contributed by atoms with Crippen molar-refractivity contribution in [2.75, 3.05) is 7.11 Å². The molecule has 0 aliphatic carbocycles. The number of carbonyl (C=O) groups is 1. The predicted octanol–water partition coefficient (Wildman–Crippen LogP) is 5.17. The second-order valence-electron chi connectivity index (χ2n) is 7.38. The SMILES string of the molecule is COc1ccc(C=O)cc1CSc1nc2c(sc3ncccc32)c(=O)n1Cc1ccccc1. The quantitative estimate of drug-likeness (QED) is 0.184. The number of benzene rings is 2. The zero-order chi connectivity index (χ0) is 22.8. The standard InChI is InChI=1S/C25H19N3O3S2/c1-31-20-10-9-17(14-29)12-18(20)15-32-25-27-21-19-8-5-11-26-23(19)33-22(21)24(30)28(25)13-16-6-3-2-4-7-16/h2-12,14H,13,15H2,1H3. The molecular formula is C25H19N3O3S2. The van der Waals surface area contributed by atoms with Crippen LogP contribution < -0.4 is 10.3 Å². The summed E-state index contributed by atoms with van der Waals surface area (Å²) in [5, 5.41) is 1.49. The first-order valence-corrected chi connectivity index (χ1v) is 12.0. The van der Waals surface area contributed by atoms with Gasteiger partial charge in [0.25, 0.3) is 5.56 Å². The number of ether oxygens (including phenoxy) is 1. The molecule has 0 fully saturated rings. The van der Waals surface area contributed by atoms with Crippen LogP contribution >= 0.6 is 23.1 Å². The number of fused-ring (bicyclic) bond motifs is 3. The highest BCUT2D eigenvalue weighted by Gasteiger charge is 2.18. The summed E-state index contributed by atoms with van der Waals surface area (Å²) >= 11 is 2.82. The van der Waals surface area contributed by atoms with Crippen molar-refractivity contribution in [3.05, 3.63) is 93.9 Å². The van der Waals surface area contributed by atoms with Gasteiger partial charge < -0.3 is 4.74 Å². The number of thiophene rings is 1. The van der Waals surface area contributed by atoms with Crippen molar-refractivity contribution in [3.63, 3.8) is 0 Å². The van der Waals surface area contributed by atoms with Crippen LogP contribution in [0.3, 0.4) is 0 Å². The van der Waals surface area contributed by atoms with E-state index < -0.39 is 0 Å². The summed E-state index contributed by atoms with van der Waals surface area (Å²) in [7, 11) is 1.60. The van der Waals surface area contributed by atoms with Gasteiger partial charge in [0, 0.05) is 28.5 Å². The molecule has 33 heavy (non-hydrogen) atoms. The predicted molar refractivity (Wildman–Crippen MR) is 133 cm³/mol. The van der Waals surface area contributed by atoms with Crippen molar-refractivity contribution in [1.82, 2.24) is 14.5 Å². The number of hydrogen-bond donors (Lipinski definition) is 0. The average molecular weight is 474 g/mol. The molecule has 0 aliphatic heterocycles. The molecule has 0 bridgehead atoms. The number of nitrogens with zero attached hydrogens (tertiary/aromatic N) is 3. The first kappa shape index (κ1) is 21.4. The first-order valence-electron chi connectivity index (χ1n) is 10.2. The van der Waals surface area contributed by atoms with Crippen LogP contribution in [0, 0.1) is 0 Å². The van der Waals surface area contributed by atoms with Gasteiger partial charge in [-0.05, 0) is 35.9 Å². The van der Waals surface area contributed by atoms with E-state index in [9.17, 15) is 9.59 Å². The Morgan fingerprint density at radius 2 is 1.97 bits per heavy atom. The molecule has 2 aromatic carbocycles. The Morgan fingerprint density at radius 1 is 1.12 bits per heavy atom. The van der Waals surface area contributed by atoms with E-state index in [2.05, 4.69) is 4.98 Å². The molecule has 3 aromatic heterocycles. The van der Waals surface area contributed by atoms with E-state index in [0.29, 0.717) is 39.0 Å². The third-order valence-corrected chi connectivity index (χ3v) is 7.41. The summed E-state index contributed by atoms with van der Waals surface area (Å²) in [5.41, 5.74) is 3.05. The molecule has 0 N–H and O–H groups in total. The number of hydrogen-bond acceptors (Lipinski definition) is 7. The van der Waals surface area contributed by atoms with E-state index >= 15 is 0 Å². The van der Waals surface area contributed by atoms with Gasteiger partial charge in [0.2, 0.25) is 0 Å². The lowest BCUT2D eigenvalue weighted by molar-refractivity contribution is 0.112. The summed E-state index contributed by atoms with van der Waals surface area (Å²) in [6.07, 6.45) is 2.54. The Bertz CT molecular complexity index is 1530. The smallest absolute Gasteiger partial charge is 0.272 e. The molecule has 0 aliphatic rings. The maximum atomic E-state index is 13.6. The minimum atomic E-state index is -0.0806. The Kier molecular flexibility index (Phi) is 5.93. The number of aromatic nitrogens is 3. The molecule has 3 heterocycles. The van der Waals surface area contributed by atoms with Crippen molar-refractivity contribution < 1.29 is 9.53 Å². The minimum absolute atomic E-state index is 0.0806. The highest BCUT2D eigenvalue weighted by molar-refractivity contribution is 7.98. The number of thioether (sulfide) groups is 1. The number of rotatable bonds is 7. The largest absolute Gasteiger partial charge is 0.496 e. The average Bonchev–Trinajstić information content (AvgIpc) is 3.24. The molecule has 0 saturated carbocycles. The van der Waals surface area contributed by atoms with Gasteiger partial charge in [-0.1, -0.05) is 42.1 Å². The Morgan fingerprint density at radius 3 is 2.76 bits per heavy atom. The summed E-state index contributed by atoms with van der Waals surface area (Å²) in [5.74, 6) is 1.19. The van der Waals surface area contributed by atoms with Gasteiger partial charge in [-0.15, -0.1) is 11.3 Å². The van der Waals surface area contributed by atoms with Crippen molar-refractivity contribution in [1.29, 1.82) is 0 Å². The minimum Gasteiger partial charge on any atom is -0.496 e. The van der Waals surface area contributed by atoms with Crippen LogP contribution in [0.25, 0.3) is 20.4 Å². The Balaban J connectivity index is 1.63. The Labute approximate surface area is 197 Å². The third-order valence-electron chi connectivity index (χ3n) is 5.30. The highest BCUT2D eigenvalue weighted by atomic mass is 32.2. The monoisotopic (exact) mass is 473 g/mol. The lowest BCUT2D eigenvalue weighted by atomic mass is 10.1. The molecule has 0 atom stereocenters. The van der Waals surface area contributed by atoms with Gasteiger partial charge in [0.15, 0.2) is 5.16 Å². The molecule has 6 nitrogen and oxygen atoms in total. The fourth-order valence-electron chi connectivity index (χ4n) is 3.68. The molecule has 0 unspecified atom stereocenters. The lowest BCUT2D eigenvalue weighted by Gasteiger charge is -2.13. The van der Waals surface area contributed by atoms with Crippen LogP contribution in [0.2, 0.25) is 0 Å². The van der Waals surface area contributed by atoms with Crippen LogP contribution in [-0.2, 0) is 12.3 Å². The first-order chi connectivity index (χ1) is 16.2. The zero-order valence-corrected chi connectivity index (χ0v) is 19.4. The molecule has 0 spiro atoms. The van der Waals surface area contributed by atoms with Crippen LogP contribution in [0.4, 0.5) is 0 Å². The summed E-state index contributed by atoms with van der Waals surface area (Å²) in [4.78, 5) is 35.0. The van der Waals surface area contributed by atoms with Gasteiger partial charge in [0.05, 0.1) is 19.2 Å². The van der Waals surface area contributed by atoms with E-state index in [-0.39, 0.29) is 5.56 Å². The summed E-state index contributed by atoms with van der Waals surface area (Å²) in [6.45, 7) is 0.415. The number of carbonyl (C=O) groups excluding carboxylic acids is 1. The van der Waals surface area contributed by atoms with Crippen molar-refractivity contribution in [3.8, 4) is 5.75 Å². The summed E-state index contributed by atoms with van der Waals surface area (Å²) < 4.78 is 7.79. The van der Waals surface area contributed by atoms with Crippen molar-refractivity contribution in [2.45, 2.75) is 17.5 Å². The fourth-order valence-corrected chi connectivity index (χ4v) is 5.68. The van der Waals surface area contributed by atoms with Gasteiger partial charge in [0.1, 0.15) is 21.6 Å². The van der Waals surface area contributed by atoms with Crippen LogP contribution in [0.15, 0.2) is 76.8 Å². The molecule has 5 rings (SSSR count). The molecule has 5 aromatic rings. The van der Waals surface area contributed by atoms with Crippen LogP contribution in [-0.4, -0.2) is 27.9 Å². The second-order valence-corrected chi connectivity index (χ2v) is 9.33. The van der Waals surface area contributed by atoms with E-state index in [1.165, 1.54) is 23.1 Å². The van der Waals surface area contributed by atoms with Crippen molar-refractivity contribution in [2.24, 2.45) is 0 Å². The lowest BCUT2D eigenvalue weighted by Crippen LogP contribution is -2.23. The van der Waals surface area contributed by atoms with Gasteiger partial charge in [-0.3, -0.25) is 14.2 Å². The normalized spacial score (nSPS) is 11.2. The van der Waals surface area contributed by atoms with E-state index in [1.54, 1.807) is 36.1 Å². The number of pyridine rings is 1. The highest BCUT2D eigenvalue weighted by Crippen LogP contribution is 2.32. The molecule has 164 valence electrons. The van der Waals surface area contributed by atoms with E-state index in [0.717, 1.165) is 27.6 Å². The molecule has 0 amide bonds. The topological polar surface area (TPSA) is 74.1 Å². The van der Waals surface area contributed by atoms with E-state index in [1.807, 2.05) is 42.5 Å². The van der Waals surface area contributed by atoms with Crippen LogP contribution in [0.5, 0.6) is 5.75 Å². The van der Waals surface area contributed by atoms with Gasteiger partial charge in [-0.25, -0.2) is 9.97 Å². The molecule has 0 radical (unpaired) electrons. The molecule has 8 heteroatoms. The summed E-state index contributed by atoms with van der Waals surface area (Å²) in [6, 6.07) is 19.0. The third kappa shape index (κ3) is 4.15. The Hall–Kier alpha value is -3.49.